The molecule has 0 aliphatic carbocycles. The molecule has 43 heavy (non-hydrogen) atoms. The van der Waals surface area contributed by atoms with Crippen LogP contribution in [0.3, 0.4) is 0 Å². The second-order valence-electron chi connectivity index (χ2n) is 11.4. The number of nitrogens with zero attached hydrogens (tertiary/aromatic N) is 5. The Labute approximate surface area is 245 Å². The first-order valence-corrected chi connectivity index (χ1v) is 14.4. The lowest BCUT2D eigenvalue weighted by molar-refractivity contribution is -0.136. The summed E-state index contributed by atoms with van der Waals surface area (Å²) in [6, 6.07) is 9.62. The van der Waals surface area contributed by atoms with Gasteiger partial charge in [0.15, 0.2) is 6.10 Å². The molecule has 5 heterocycles. The molecule has 4 aliphatic rings. The van der Waals surface area contributed by atoms with Crippen molar-refractivity contribution in [1.29, 1.82) is 0 Å². The predicted molar refractivity (Wildman–Crippen MR) is 150 cm³/mol. The number of piperidine rings is 1. The van der Waals surface area contributed by atoms with E-state index in [-0.39, 0.29) is 43.5 Å². The Kier molecular flexibility index (Phi) is 6.93. The third-order valence-electron chi connectivity index (χ3n) is 8.43. The number of carbonyl (C=O) groups excluding carboxylic acids is 3. The van der Waals surface area contributed by atoms with Gasteiger partial charge in [0.25, 0.3) is 11.8 Å². The Morgan fingerprint density at radius 2 is 1.93 bits per heavy atom. The van der Waals surface area contributed by atoms with E-state index < -0.39 is 30.5 Å². The maximum atomic E-state index is 15.1. The van der Waals surface area contributed by atoms with E-state index in [0.717, 1.165) is 29.6 Å². The van der Waals surface area contributed by atoms with E-state index in [2.05, 4.69) is 20.2 Å². The number of benzene rings is 2. The largest absolute Gasteiger partial charge is 0.483 e. The molecular weight excluding hydrogens is 562 g/mol. The molecule has 2 atom stereocenters. The van der Waals surface area contributed by atoms with E-state index in [1.54, 1.807) is 23.2 Å². The zero-order valence-electron chi connectivity index (χ0n) is 23.3. The molecule has 2 aromatic carbocycles. The summed E-state index contributed by atoms with van der Waals surface area (Å²) in [6.45, 7) is 2.79. The third kappa shape index (κ3) is 5.38. The number of likely N-dealkylation sites (tertiary alicyclic amines) is 1. The first-order valence-electron chi connectivity index (χ1n) is 14.4. The summed E-state index contributed by atoms with van der Waals surface area (Å²) in [4.78, 5) is 51.1. The van der Waals surface area contributed by atoms with Crippen molar-refractivity contribution >= 4 is 34.6 Å². The van der Waals surface area contributed by atoms with Crippen LogP contribution in [0.2, 0.25) is 0 Å². The van der Waals surface area contributed by atoms with Crippen molar-refractivity contribution in [3.63, 3.8) is 0 Å². The van der Waals surface area contributed by atoms with Gasteiger partial charge in [-0.05, 0) is 47.9 Å². The molecule has 0 spiro atoms. The number of nitrogens with one attached hydrogen (secondary N) is 1. The molecule has 0 bridgehead atoms. The number of hydrogen-bond acceptors (Lipinski definition) is 9. The topological polar surface area (TPSA) is 117 Å². The molecular formula is C30H30F2N6O5. The fraction of sp³-hybridized carbons (Fsp3) is 0.433. The van der Waals surface area contributed by atoms with Crippen LogP contribution in [0.25, 0.3) is 10.9 Å². The van der Waals surface area contributed by atoms with Crippen molar-refractivity contribution in [2.75, 3.05) is 44.3 Å². The van der Waals surface area contributed by atoms with Gasteiger partial charge in [-0.3, -0.25) is 24.6 Å². The molecule has 4 aliphatic heterocycles. The normalized spacial score (nSPS) is 24.0. The molecule has 13 heteroatoms. The third-order valence-corrected chi connectivity index (χ3v) is 8.43. The standard InChI is InChI=1S/C30H30F2N6O5/c31-30(32)17-36(14-18-1-4-23-19(11-18)13-33-29(34-23)37-7-9-42-10-8-37)16-25(30)43-21-2-3-22-20(12-21)15-38(28(22)41)24-5-6-26(39)35-27(24)40/h1-4,11-13,24-25H,5-10,14-17H2,(H,35,39,40). The maximum Gasteiger partial charge on any atom is 0.297 e. The second kappa shape index (κ2) is 10.8. The molecule has 3 aromatic rings. The number of carbonyl (C=O) groups is 3. The van der Waals surface area contributed by atoms with Crippen LogP contribution in [0.1, 0.15) is 34.3 Å². The van der Waals surface area contributed by atoms with Crippen LogP contribution in [0.15, 0.2) is 42.6 Å². The SMILES string of the molecule is O=C1CCC(N2Cc3cc(OC4CN(Cc5ccc6nc(N7CCOCC7)ncc6c5)CC4(F)F)ccc3C2=O)C(=O)N1. The summed E-state index contributed by atoms with van der Waals surface area (Å²) in [5.74, 6) is -3.38. The molecule has 7 rings (SSSR count). The molecule has 0 saturated carbocycles. The van der Waals surface area contributed by atoms with Gasteiger partial charge >= 0.3 is 0 Å². The highest BCUT2D eigenvalue weighted by Gasteiger charge is 2.50. The van der Waals surface area contributed by atoms with Crippen molar-refractivity contribution in [3.05, 3.63) is 59.3 Å². The number of rotatable bonds is 6. The Bertz CT molecular complexity index is 1610. The number of imide groups is 1. The summed E-state index contributed by atoms with van der Waals surface area (Å²) < 4.78 is 41.4. The fourth-order valence-corrected chi connectivity index (χ4v) is 6.21. The van der Waals surface area contributed by atoms with E-state index in [1.807, 2.05) is 18.2 Å². The number of halogens is 2. The van der Waals surface area contributed by atoms with Gasteiger partial charge in [0.1, 0.15) is 11.8 Å². The highest BCUT2D eigenvalue weighted by Crippen LogP contribution is 2.35. The second-order valence-corrected chi connectivity index (χ2v) is 11.4. The van der Waals surface area contributed by atoms with Gasteiger partial charge in [-0.2, -0.15) is 0 Å². The lowest BCUT2D eigenvalue weighted by Gasteiger charge is -2.29. The molecule has 3 saturated heterocycles. The molecule has 224 valence electrons. The Balaban J connectivity index is 1.01. The minimum Gasteiger partial charge on any atom is -0.483 e. The van der Waals surface area contributed by atoms with Crippen LogP contribution in [0.4, 0.5) is 14.7 Å². The van der Waals surface area contributed by atoms with E-state index >= 15 is 8.78 Å². The van der Waals surface area contributed by atoms with Crippen LogP contribution in [-0.2, 0) is 27.4 Å². The molecule has 2 unspecified atom stereocenters. The molecule has 0 radical (unpaired) electrons. The number of alkyl halides is 2. The zero-order valence-corrected chi connectivity index (χ0v) is 23.3. The van der Waals surface area contributed by atoms with Gasteiger partial charge in [0.2, 0.25) is 17.8 Å². The van der Waals surface area contributed by atoms with Crippen molar-refractivity contribution in [2.24, 2.45) is 0 Å². The molecule has 3 fully saturated rings. The highest BCUT2D eigenvalue weighted by molar-refractivity contribution is 6.05. The lowest BCUT2D eigenvalue weighted by atomic mass is 10.0. The number of morpholine rings is 1. The smallest absolute Gasteiger partial charge is 0.297 e. The zero-order chi connectivity index (χ0) is 29.7. The highest BCUT2D eigenvalue weighted by atomic mass is 19.3. The van der Waals surface area contributed by atoms with Gasteiger partial charge in [0, 0.05) is 56.3 Å². The minimum absolute atomic E-state index is 0.0237. The van der Waals surface area contributed by atoms with E-state index in [9.17, 15) is 14.4 Å². The quantitative estimate of drug-likeness (QED) is 0.430. The van der Waals surface area contributed by atoms with Crippen LogP contribution in [0, 0.1) is 0 Å². The Hall–Kier alpha value is -4.23. The van der Waals surface area contributed by atoms with Crippen LogP contribution < -0.4 is 15.0 Å². The van der Waals surface area contributed by atoms with Crippen LogP contribution in [-0.4, -0.2) is 95.0 Å². The minimum atomic E-state index is -3.08. The number of ether oxygens (including phenoxy) is 2. The van der Waals surface area contributed by atoms with Crippen LogP contribution in [0.5, 0.6) is 5.75 Å². The number of aromatic nitrogens is 2. The van der Waals surface area contributed by atoms with Crippen molar-refractivity contribution in [3.8, 4) is 5.75 Å². The summed E-state index contributed by atoms with van der Waals surface area (Å²) in [5, 5.41) is 3.11. The van der Waals surface area contributed by atoms with Gasteiger partial charge < -0.3 is 19.3 Å². The summed E-state index contributed by atoms with van der Waals surface area (Å²) in [6.07, 6.45) is 0.799. The van der Waals surface area contributed by atoms with E-state index in [0.29, 0.717) is 36.8 Å². The van der Waals surface area contributed by atoms with Crippen molar-refractivity contribution in [2.45, 2.75) is 44.0 Å². The average molecular weight is 593 g/mol. The average Bonchev–Trinajstić information content (AvgIpc) is 3.46. The van der Waals surface area contributed by atoms with E-state index in [1.165, 1.54) is 11.0 Å². The maximum absolute atomic E-state index is 15.1. The van der Waals surface area contributed by atoms with Crippen LogP contribution >= 0.6 is 0 Å². The number of fused-ring (bicyclic) bond motifs is 2. The first kappa shape index (κ1) is 27.6. The van der Waals surface area contributed by atoms with E-state index in [4.69, 9.17) is 9.47 Å². The number of anilines is 1. The van der Waals surface area contributed by atoms with Gasteiger partial charge in [0.05, 0.1) is 25.3 Å². The molecule has 11 nitrogen and oxygen atoms in total. The lowest BCUT2D eigenvalue weighted by Crippen LogP contribution is -2.52. The molecule has 1 aromatic heterocycles. The summed E-state index contributed by atoms with van der Waals surface area (Å²) in [7, 11) is 0. The summed E-state index contributed by atoms with van der Waals surface area (Å²) in [5.41, 5.74) is 2.66. The first-order chi connectivity index (χ1) is 20.7. The molecule has 3 amide bonds. The Morgan fingerprint density at radius 1 is 1.09 bits per heavy atom. The van der Waals surface area contributed by atoms with Gasteiger partial charge in [-0.1, -0.05) is 6.07 Å². The summed E-state index contributed by atoms with van der Waals surface area (Å²) >= 11 is 0. The number of amides is 3. The predicted octanol–water partition coefficient (Wildman–Crippen LogP) is 2.13. The van der Waals surface area contributed by atoms with Crippen molar-refractivity contribution < 1.29 is 32.6 Å². The van der Waals surface area contributed by atoms with Gasteiger partial charge in [-0.15, -0.1) is 0 Å². The monoisotopic (exact) mass is 592 g/mol. The molecule has 1 N–H and O–H groups in total. The number of hydrogen-bond donors (Lipinski definition) is 1. The Morgan fingerprint density at radius 3 is 2.74 bits per heavy atom. The fourth-order valence-electron chi connectivity index (χ4n) is 6.21. The van der Waals surface area contributed by atoms with Crippen molar-refractivity contribution in [1.82, 2.24) is 25.1 Å². The van der Waals surface area contributed by atoms with Gasteiger partial charge in [-0.25, -0.2) is 18.7 Å².